The number of nitrogens with zero attached hydrogens (tertiary/aromatic N) is 6. The zero-order valence-corrected chi connectivity index (χ0v) is 22.7. The van der Waals surface area contributed by atoms with Crippen LogP contribution in [0.5, 0.6) is 0 Å². The van der Waals surface area contributed by atoms with Gasteiger partial charge in [-0.15, -0.1) is 0 Å². The Morgan fingerprint density at radius 1 is 0.902 bits per heavy atom. The molecule has 2 saturated heterocycles. The van der Waals surface area contributed by atoms with Crippen molar-refractivity contribution in [2.75, 3.05) is 56.5 Å². The highest BCUT2D eigenvalue weighted by molar-refractivity contribution is 5.96. The number of piperazine rings is 1. The Hall–Kier alpha value is -4.25. The van der Waals surface area contributed by atoms with Crippen molar-refractivity contribution in [3.8, 4) is 11.1 Å². The number of hydrogen-bond donors (Lipinski definition) is 1. The van der Waals surface area contributed by atoms with Gasteiger partial charge < -0.3 is 20.0 Å². The monoisotopic (exact) mass is 561 g/mol. The lowest BCUT2D eigenvalue weighted by Crippen LogP contribution is -2.44. The van der Waals surface area contributed by atoms with Crippen LogP contribution < -0.4 is 10.2 Å². The number of pyridine rings is 1. The van der Waals surface area contributed by atoms with E-state index in [1.54, 1.807) is 11.1 Å². The highest BCUT2D eigenvalue weighted by Gasteiger charge is 2.33. The largest absolute Gasteiger partial charge is 0.416 e. The summed E-state index contributed by atoms with van der Waals surface area (Å²) in [4.78, 5) is 32.8. The molecule has 0 bridgehead atoms. The molecule has 2 aliphatic heterocycles. The van der Waals surface area contributed by atoms with Crippen molar-refractivity contribution in [3.63, 3.8) is 0 Å². The molecule has 0 aliphatic carbocycles. The fraction of sp³-hybridized carbons (Fsp3) is 0.333. The van der Waals surface area contributed by atoms with Gasteiger partial charge in [0.05, 0.1) is 11.1 Å². The van der Waals surface area contributed by atoms with Gasteiger partial charge in [0.25, 0.3) is 5.91 Å². The maximum Gasteiger partial charge on any atom is 0.416 e. The summed E-state index contributed by atoms with van der Waals surface area (Å²) in [7, 11) is 2.11. The number of para-hydroxylation sites is 1. The molecule has 2 aromatic carbocycles. The van der Waals surface area contributed by atoms with Crippen molar-refractivity contribution in [2.24, 2.45) is 0 Å². The predicted octanol–water partition coefficient (Wildman–Crippen LogP) is 5.44. The van der Waals surface area contributed by atoms with Gasteiger partial charge in [0.1, 0.15) is 5.82 Å². The van der Waals surface area contributed by atoms with E-state index >= 15 is 0 Å². The van der Waals surface area contributed by atoms with E-state index in [0.29, 0.717) is 18.6 Å². The Balaban J connectivity index is 1.30. The molecule has 4 heterocycles. The van der Waals surface area contributed by atoms with E-state index in [9.17, 15) is 18.0 Å². The summed E-state index contributed by atoms with van der Waals surface area (Å²) < 4.78 is 41.2. The number of amides is 1. The first kappa shape index (κ1) is 26.9. The fourth-order valence-corrected chi connectivity index (χ4v) is 5.34. The molecule has 212 valence electrons. The van der Waals surface area contributed by atoms with Gasteiger partial charge in [-0.2, -0.15) is 13.2 Å². The first-order valence-electron chi connectivity index (χ1n) is 13.7. The van der Waals surface area contributed by atoms with Crippen molar-refractivity contribution in [1.82, 2.24) is 24.8 Å². The summed E-state index contributed by atoms with van der Waals surface area (Å²) in [6.45, 7) is 4.89. The molecule has 0 saturated carbocycles. The molecule has 2 aromatic heterocycles. The highest BCUT2D eigenvalue weighted by Crippen LogP contribution is 2.34. The van der Waals surface area contributed by atoms with E-state index in [1.165, 1.54) is 6.07 Å². The first-order chi connectivity index (χ1) is 19.7. The number of aromatic nitrogens is 3. The normalized spacial score (nSPS) is 16.4. The Bertz CT molecular complexity index is 1560. The first-order valence-corrected chi connectivity index (χ1v) is 13.7. The third-order valence-electron chi connectivity index (χ3n) is 7.65. The van der Waals surface area contributed by atoms with Crippen LogP contribution in [0.25, 0.3) is 22.0 Å². The Morgan fingerprint density at radius 3 is 2.39 bits per heavy atom. The Kier molecular flexibility index (Phi) is 7.21. The van der Waals surface area contributed by atoms with Crippen molar-refractivity contribution < 1.29 is 18.0 Å². The molecule has 0 radical (unpaired) electrons. The SMILES string of the molecule is CN1CCN(c2ccc(-c3cccc4cnc(Nc5cc(C(=O)N6CCCC6)cc(C(F)(F)F)c5)nc34)cn2)CC1. The Morgan fingerprint density at radius 2 is 1.68 bits per heavy atom. The maximum absolute atomic E-state index is 13.7. The van der Waals surface area contributed by atoms with Crippen LogP contribution in [0, 0.1) is 0 Å². The topological polar surface area (TPSA) is 77.5 Å². The number of rotatable bonds is 5. The summed E-state index contributed by atoms with van der Waals surface area (Å²) in [6.07, 6.45) is 0.525. The maximum atomic E-state index is 13.7. The minimum Gasteiger partial charge on any atom is -0.354 e. The predicted molar refractivity (Wildman–Crippen MR) is 152 cm³/mol. The summed E-state index contributed by atoms with van der Waals surface area (Å²) in [6, 6.07) is 13.0. The second kappa shape index (κ2) is 11.0. The number of likely N-dealkylation sites (tertiary alicyclic amines) is 1. The minimum absolute atomic E-state index is 0.0165. The molecule has 41 heavy (non-hydrogen) atoms. The molecule has 11 heteroatoms. The summed E-state index contributed by atoms with van der Waals surface area (Å²) >= 11 is 0. The van der Waals surface area contributed by atoms with E-state index in [4.69, 9.17) is 4.98 Å². The summed E-state index contributed by atoms with van der Waals surface area (Å²) in [5, 5.41) is 3.69. The van der Waals surface area contributed by atoms with E-state index in [2.05, 4.69) is 32.1 Å². The van der Waals surface area contributed by atoms with Gasteiger partial charge in [0.2, 0.25) is 5.95 Å². The smallest absolute Gasteiger partial charge is 0.354 e. The molecule has 0 spiro atoms. The summed E-state index contributed by atoms with van der Waals surface area (Å²) in [5.74, 6) is 0.639. The molecule has 8 nitrogen and oxygen atoms in total. The van der Waals surface area contributed by atoms with Crippen LogP contribution in [0.1, 0.15) is 28.8 Å². The molecular weight excluding hydrogens is 531 g/mol. The number of halogens is 3. The number of carbonyl (C=O) groups excluding carboxylic acids is 1. The van der Waals surface area contributed by atoms with E-state index in [0.717, 1.165) is 73.5 Å². The van der Waals surface area contributed by atoms with Gasteiger partial charge in [0, 0.05) is 79.4 Å². The van der Waals surface area contributed by atoms with Crippen molar-refractivity contribution in [2.45, 2.75) is 19.0 Å². The third kappa shape index (κ3) is 5.81. The van der Waals surface area contributed by atoms with Gasteiger partial charge in [-0.3, -0.25) is 4.79 Å². The average Bonchev–Trinajstić information content (AvgIpc) is 3.52. The fourth-order valence-electron chi connectivity index (χ4n) is 5.34. The number of benzene rings is 2. The zero-order valence-electron chi connectivity index (χ0n) is 22.7. The molecule has 0 unspecified atom stereocenters. The molecule has 2 fully saturated rings. The van der Waals surface area contributed by atoms with E-state index in [-0.39, 0.29) is 17.2 Å². The number of likely N-dealkylation sites (N-methyl/N-ethyl adjacent to an activating group) is 1. The zero-order chi connectivity index (χ0) is 28.6. The summed E-state index contributed by atoms with van der Waals surface area (Å²) in [5.41, 5.74) is 1.52. The van der Waals surface area contributed by atoms with Crippen LogP contribution in [-0.2, 0) is 6.18 Å². The molecule has 6 rings (SSSR count). The number of alkyl halides is 3. The van der Waals surface area contributed by atoms with Gasteiger partial charge in [-0.25, -0.2) is 15.0 Å². The van der Waals surface area contributed by atoms with Gasteiger partial charge in [-0.1, -0.05) is 18.2 Å². The number of carbonyl (C=O) groups is 1. The highest BCUT2D eigenvalue weighted by atomic mass is 19.4. The van der Waals surface area contributed by atoms with Crippen molar-refractivity contribution in [1.29, 1.82) is 0 Å². The second-order valence-electron chi connectivity index (χ2n) is 10.6. The lowest BCUT2D eigenvalue weighted by molar-refractivity contribution is -0.137. The van der Waals surface area contributed by atoms with Crippen LogP contribution in [0.15, 0.2) is 60.9 Å². The molecule has 2 aliphatic rings. The average molecular weight is 562 g/mol. The minimum atomic E-state index is -4.61. The lowest BCUT2D eigenvalue weighted by atomic mass is 10.0. The number of fused-ring (bicyclic) bond motifs is 1. The quantitative estimate of drug-likeness (QED) is 0.348. The van der Waals surface area contributed by atoms with Crippen LogP contribution in [0.2, 0.25) is 0 Å². The van der Waals surface area contributed by atoms with Gasteiger partial charge >= 0.3 is 6.18 Å². The molecular formula is C30H30F3N7O. The van der Waals surface area contributed by atoms with E-state index < -0.39 is 17.6 Å². The third-order valence-corrected chi connectivity index (χ3v) is 7.65. The molecule has 0 atom stereocenters. The van der Waals surface area contributed by atoms with Crippen molar-refractivity contribution in [3.05, 3.63) is 72.1 Å². The standard InChI is InChI=1S/C30H30F3N7O/c1-38-11-13-39(14-12-38)26-8-7-20(18-34-26)25-6-4-5-21-19-35-29(37-27(21)25)36-24-16-22(15-23(17-24)30(31,32)33)28(41)40-9-2-3-10-40/h4-8,15-19H,2-3,9-14H2,1H3,(H,35,36,37). The Labute approximate surface area is 235 Å². The van der Waals surface area contributed by atoms with Crippen LogP contribution in [0.4, 0.5) is 30.6 Å². The van der Waals surface area contributed by atoms with Gasteiger partial charge in [-0.05, 0) is 50.2 Å². The van der Waals surface area contributed by atoms with Gasteiger partial charge in [0.15, 0.2) is 0 Å². The molecule has 4 aromatic rings. The molecule has 1 amide bonds. The number of hydrogen-bond acceptors (Lipinski definition) is 7. The van der Waals surface area contributed by atoms with Crippen molar-refractivity contribution >= 4 is 34.3 Å². The number of anilines is 3. The van der Waals surface area contributed by atoms with Crippen LogP contribution >= 0.6 is 0 Å². The van der Waals surface area contributed by atoms with E-state index in [1.807, 2.05) is 36.5 Å². The molecule has 1 N–H and O–H groups in total. The number of nitrogens with one attached hydrogen (secondary N) is 1. The lowest BCUT2D eigenvalue weighted by Gasteiger charge is -2.33. The van der Waals surface area contributed by atoms with Crippen LogP contribution in [0.3, 0.4) is 0 Å². The second-order valence-corrected chi connectivity index (χ2v) is 10.6. The van der Waals surface area contributed by atoms with Crippen LogP contribution in [-0.4, -0.2) is 77.0 Å².